The molecule has 9 nitrogen and oxygen atoms in total. The van der Waals surface area contributed by atoms with Crippen LogP contribution in [0, 0.1) is 6.92 Å². The zero-order valence-corrected chi connectivity index (χ0v) is 21.8. The predicted octanol–water partition coefficient (Wildman–Crippen LogP) is 4.57. The van der Waals surface area contributed by atoms with Crippen molar-refractivity contribution in [2.24, 2.45) is 0 Å². The molecule has 2 aromatic heterocycles. The number of benzene rings is 2. The van der Waals surface area contributed by atoms with Gasteiger partial charge in [0.25, 0.3) is 10.0 Å². The molecule has 0 spiro atoms. The molecule has 0 fully saturated rings. The van der Waals surface area contributed by atoms with Crippen molar-refractivity contribution in [2.45, 2.75) is 25.2 Å². The fourth-order valence-corrected chi connectivity index (χ4v) is 5.59. The maximum Gasteiger partial charge on any atom is 0.338 e. The highest BCUT2D eigenvalue weighted by Crippen LogP contribution is 2.41. The van der Waals surface area contributed by atoms with Gasteiger partial charge in [0, 0.05) is 17.7 Å². The normalized spacial score (nSPS) is 11.4. The average Bonchev–Trinajstić information content (AvgIpc) is 3.23. The summed E-state index contributed by atoms with van der Waals surface area (Å²) in [5.41, 5.74) is 2.99. The molecule has 0 saturated heterocycles. The lowest BCUT2D eigenvalue weighted by atomic mass is 10.00. The van der Waals surface area contributed by atoms with Crippen LogP contribution in [-0.4, -0.2) is 49.2 Å². The molecule has 0 saturated carbocycles. The molecule has 2 heterocycles. The Kier molecular flexibility index (Phi) is 7.30. The quantitative estimate of drug-likeness (QED) is 0.233. The van der Waals surface area contributed by atoms with E-state index in [0.717, 1.165) is 5.56 Å². The highest BCUT2D eigenvalue weighted by Gasteiger charge is 2.31. The van der Waals surface area contributed by atoms with Crippen molar-refractivity contribution in [3.8, 4) is 23.0 Å². The Balaban J connectivity index is 2.10. The fraction of sp³-hybridized carbons (Fsp3) is 0.222. The minimum atomic E-state index is -4.11. The van der Waals surface area contributed by atoms with E-state index in [1.165, 1.54) is 18.2 Å². The second-order valence-corrected chi connectivity index (χ2v) is 9.90. The Labute approximate surface area is 215 Å². The molecule has 37 heavy (non-hydrogen) atoms. The van der Waals surface area contributed by atoms with Crippen molar-refractivity contribution in [2.75, 3.05) is 20.8 Å². The first-order valence-corrected chi connectivity index (χ1v) is 12.9. The molecule has 0 aliphatic heterocycles. The summed E-state index contributed by atoms with van der Waals surface area (Å²) in [5, 5.41) is 0.389. The third-order valence-electron chi connectivity index (χ3n) is 5.77. The summed E-state index contributed by atoms with van der Waals surface area (Å²) in [6.45, 7) is 7.71. The van der Waals surface area contributed by atoms with E-state index < -0.39 is 16.0 Å². The summed E-state index contributed by atoms with van der Waals surface area (Å²) in [7, 11) is -1.28. The molecule has 10 heteroatoms. The van der Waals surface area contributed by atoms with Crippen molar-refractivity contribution < 1.29 is 27.4 Å². The summed E-state index contributed by atoms with van der Waals surface area (Å²) in [6.07, 6.45) is 1.81. The van der Waals surface area contributed by atoms with Gasteiger partial charge in [-0.3, -0.25) is 0 Å². The minimum absolute atomic E-state index is 0.0448. The zero-order chi connectivity index (χ0) is 26.7. The van der Waals surface area contributed by atoms with E-state index in [1.807, 2.05) is 6.92 Å². The first-order chi connectivity index (χ1) is 17.8. The van der Waals surface area contributed by atoms with Gasteiger partial charge < -0.3 is 14.2 Å². The number of ether oxygens (including phenoxy) is 3. The molecule has 0 amide bonds. The SMILES string of the molecule is C=CCc1c(-c2ccc(C(=O)OCC)cc2)c2c(OC)nc(OC)nc2n1S(=O)(=O)c1ccc(C)cc1. The van der Waals surface area contributed by atoms with Gasteiger partial charge in [0.05, 0.1) is 36.7 Å². The van der Waals surface area contributed by atoms with Gasteiger partial charge in [-0.15, -0.1) is 6.58 Å². The lowest BCUT2D eigenvalue weighted by Gasteiger charge is -2.12. The van der Waals surface area contributed by atoms with Crippen molar-refractivity contribution in [1.82, 2.24) is 13.9 Å². The molecule has 0 unspecified atom stereocenters. The van der Waals surface area contributed by atoms with E-state index in [-0.39, 0.29) is 35.5 Å². The molecular formula is C27H27N3O6S. The Hall–Kier alpha value is -4.18. The van der Waals surface area contributed by atoms with Gasteiger partial charge in [0.1, 0.15) is 0 Å². The third kappa shape index (κ3) is 4.67. The topological polar surface area (TPSA) is 110 Å². The molecule has 0 aliphatic carbocycles. The van der Waals surface area contributed by atoms with E-state index in [4.69, 9.17) is 14.2 Å². The van der Waals surface area contributed by atoms with Crippen molar-refractivity contribution in [1.29, 1.82) is 0 Å². The second-order valence-electron chi connectivity index (χ2n) is 8.11. The van der Waals surface area contributed by atoms with Gasteiger partial charge in [-0.2, -0.15) is 9.97 Å². The van der Waals surface area contributed by atoms with E-state index in [9.17, 15) is 13.2 Å². The van der Waals surface area contributed by atoms with Crippen LogP contribution in [0.25, 0.3) is 22.2 Å². The van der Waals surface area contributed by atoms with Crippen LogP contribution < -0.4 is 9.47 Å². The molecule has 0 bridgehead atoms. The molecular weight excluding hydrogens is 494 g/mol. The summed E-state index contributed by atoms with van der Waals surface area (Å²) in [6, 6.07) is 13.2. The van der Waals surface area contributed by atoms with Crippen LogP contribution in [0.4, 0.5) is 0 Å². The van der Waals surface area contributed by atoms with Gasteiger partial charge >= 0.3 is 12.0 Å². The number of aryl methyl sites for hydroxylation is 1. The summed E-state index contributed by atoms with van der Waals surface area (Å²) >= 11 is 0. The van der Waals surface area contributed by atoms with Gasteiger partial charge in [-0.1, -0.05) is 35.9 Å². The zero-order valence-electron chi connectivity index (χ0n) is 21.0. The molecule has 0 aliphatic rings. The van der Waals surface area contributed by atoms with Crippen molar-refractivity contribution in [3.05, 3.63) is 78.0 Å². The summed E-state index contributed by atoms with van der Waals surface area (Å²) in [5.74, 6) is -0.301. The third-order valence-corrected chi connectivity index (χ3v) is 7.51. The van der Waals surface area contributed by atoms with Gasteiger partial charge in [-0.05, 0) is 43.7 Å². The van der Waals surface area contributed by atoms with Crippen LogP contribution >= 0.6 is 0 Å². The number of fused-ring (bicyclic) bond motifs is 1. The number of methoxy groups -OCH3 is 2. The number of rotatable bonds is 9. The van der Waals surface area contributed by atoms with Crippen LogP contribution in [-0.2, 0) is 21.2 Å². The highest BCUT2D eigenvalue weighted by molar-refractivity contribution is 7.90. The molecule has 2 aromatic carbocycles. The standard InChI is InChI=1S/C27H27N3O6S/c1-6-8-21-22(18-11-13-19(14-12-18)26(31)36-7-2)23-24(28-27(35-5)29-25(23)34-4)30(21)37(32,33)20-15-9-17(3)10-16-20/h6,9-16H,1,7-8H2,2-5H3. The maximum absolute atomic E-state index is 14.0. The van der Waals surface area contributed by atoms with Gasteiger partial charge in [0.2, 0.25) is 5.88 Å². The molecule has 0 radical (unpaired) electrons. The van der Waals surface area contributed by atoms with Gasteiger partial charge in [0.15, 0.2) is 5.65 Å². The second kappa shape index (κ2) is 10.4. The largest absolute Gasteiger partial charge is 0.480 e. The summed E-state index contributed by atoms with van der Waals surface area (Å²) in [4.78, 5) is 21.0. The first kappa shape index (κ1) is 25.9. The lowest BCUT2D eigenvalue weighted by Crippen LogP contribution is -2.16. The van der Waals surface area contributed by atoms with Crippen molar-refractivity contribution >= 4 is 27.0 Å². The highest BCUT2D eigenvalue weighted by atomic mass is 32.2. The fourth-order valence-electron chi connectivity index (χ4n) is 4.08. The average molecular weight is 522 g/mol. The number of hydrogen-bond donors (Lipinski definition) is 0. The molecule has 0 N–H and O–H groups in total. The number of allylic oxidation sites excluding steroid dienone is 1. The monoisotopic (exact) mass is 521 g/mol. The van der Waals surface area contributed by atoms with Crippen LogP contribution in [0.5, 0.6) is 11.9 Å². The first-order valence-electron chi connectivity index (χ1n) is 11.5. The Morgan fingerprint density at radius 3 is 2.27 bits per heavy atom. The summed E-state index contributed by atoms with van der Waals surface area (Å²) < 4.78 is 45.2. The number of carbonyl (C=O) groups is 1. The molecule has 0 atom stereocenters. The Bertz CT molecular complexity index is 1570. The number of carbonyl (C=O) groups excluding carboxylic acids is 1. The van der Waals surface area contributed by atoms with Crippen LogP contribution in [0.1, 0.15) is 28.5 Å². The van der Waals surface area contributed by atoms with Crippen LogP contribution in [0.15, 0.2) is 66.1 Å². The molecule has 4 aromatic rings. The Morgan fingerprint density at radius 1 is 1.03 bits per heavy atom. The minimum Gasteiger partial charge on any atom is -0.480 e. The van der Waals surface area contributed by atoms with E-state index in [0.29, 0.717) is 27.8 Å². The smallest absolute Gasteiger partial charge is 0.338 e. The van der Waals surface area contributed by atoms with Crippen LogP contribution in [0.2, 0.25) is 0 Å². The van der Waals surface area contributed by atoms with Gasteiger partial charge in [-0.25, -0.2) is 17.2 Å². The predicted molar refractivity (Wildman–Crippen MR) is 140 cm³/mol. The Morgan fingerprint density at radius 2 is 1.70 bits per heavy atom. The maximum atomic E-state index is 14.0. The van der Waals surface area contributed by atoms with Crippen molar-refractivity contribution in [3.63, 3.8) is 0 Å². The van der Waals surface area contributed by atoms with E-state index in [2.05, 4.69) is 16.5 Å². The number of hydrogen-bond acceptors (Lipinski definition) is 8. The lowest BCUT2D eigenvalue weighted by molar-refractivity contribution is 0.0526. The molecule has 4 rings (SSSR count). The number of nitrogens with zero attached hydrogens (tertiary/aromatic N) is 3. The molecule has 192 valence electrons. The van der Waals surface area contributed by atoms with E-state index in [1.54, 1.807) is 61.5 Å². The van der Waals surface area contributed by atoms with E-state index >= 15 is 0 Å². The number of esters is 1. The van der Waals surface area contributed by atoms with Crippen LogP contribution in [0.3, 0.4) is 0 Å². The number of aromatic nitrogens is 3.